The molecule has 0 saturated carbocycles. The highest BCUT2D eigenvalue weighted by molar-refractivity contribution is 6.15. The van der Waals surface area contributed by atoms with Gasteiger partial charge >= 0.3 is 0 Å². The zero-order valence-electron chi connectivity index (χ0n) is 14.4. The van der Waals surface area contributed by atoms with Crippen LogP contribution in [0.4, 0.5) is 5.69 Å². The highest BCUT2D eigenvalue weighted by Gasteiger charge is 2.35. The Bertz CT molecular complexity index is 703. The van der Waals surface area contributed by atoms with Gasteiger partial charge in [0.05, 0.1) is 30.2 Å². The molecule has 5 nitrogen and oxygen atoms in total. The summed E-state index contributed by atoms with van der Waals surface area (Å²) in [6.45, 7) is 4.83. The fourth-order valence-electron chi connectivity index (χ4n) is 3.03. The van der Waals surface area contributed by atoms with E-state index in [0.29, 0.717) is 6.54 Å². The average molecular weight is 324 g/mol. The summed E-state index contributed by atoms with van der Waals surface area (Å²) in [4.78, 5) is 16.8. The minimum absolute atomic E-state index is 0.0638. The zero-order chi connectivity index (χ0) is 16.9. The van der Waals surface area contributed by atoms with Crippen LogP contribution in [0.2, 0.25) is 0 Å². The number of rotatable bonds is 7. The number of aryl methyl sites for hydroxylation is 1. The van der Waals surface area contributed by atoms with E-state index in [9.17, 15) is 4.79 Å². The van der Waals surface area contributed by atoms with Crippen LogP contribution < -0.4 is 5.01 Å². The number of nitrogens with zero attached hydrogens (tertiary/aromatic N) is 4. The molecule has 0 fully saturated rings. The van der Waals surface area contributed by atoms with Crippen molar-refractivity contribution in [2.45, 2.75) is 46.1 Å². The number of hydrogen-bond acceptors (Lipinski definition) is 3. The third-order valence-electron chi connectivity index (χ3n) is 4.45. The number of carbonyl (C=O) groups is 1. The molecule has 0 radical (unpaired) electrons. The summed E-state index contributed by atoms with van der Waals surface area (Å²) in [7, 11) is 0. The average Bonchev–Trinajstić information content (AvgIpc) is 3.22. The number of anilines is 1. The van der Waals surface area contributed by atoms with Crippen molar-refractivity contribution in [3.05, 3.63) is 48.5 Å². The molecule has 1 aliphatic rings. The summed E-state index contributed by atoms with van der Waals surface area (Å²) in [6, 6.07) is 8.20. The molecule has 2 heterocycles. The second-order valence-corrected chi connectivity index (χ2v) is 6.21. The molecule has 0 N–H and O–H groups in total. The van der Waals surface area contributed by atoms with Gasteiger partial charge in [-0.25, -0.2) is 9.99 Å². The van der Waals surface area contributed by atoms with Gasteiger partial charge in [0.2, 0.25) is 0 Å². The Labute approximate surface area is 143 Å². The molecule has 5 heteroatoms. The van der Waals surface area contributed by atoms with E-state index in [1.54, 1.807) is 17.5 Å². The predicted octanol–water partition coefficient (Wildman–Crippen LogP) is 3.65. The lowest BCUT2D eigenvalue weighted by Gasteiger charge is -2.14. The van der Waals surface area contributed by atoms with Crippen LogP contribution in [0.3, 0.4) is 0 Å². The monoisotopic (exact) mass is 324 g/mol. The quantitative estimate of drug-likeness (QED) is 0.780. The first-order valence-electron chi connectivity index (χ1n) is 8.69. The molecule has 1 aliphatic heterocycles. The van der Waals surface area contributed by atoms with Crippen molar-refractivity contribution in [3.63, 3.8) is 0 Å². The molecule has 1 amide bonds. The third kappa shape index (κ3) is 3.40. The minimum atomic E-state index is -0.146. The van der Waals surface area contributed by atoms with Crippen LogP contribution in [-0.4, -0.2) is 21.2 Å². The highest BCUT2D eigenvalue weighted by Crippen LogP contribution is 2.26. The maximum atomic E-state index is 12.7. The third-order valence-corrected chi connectivity index (χ3v) is 4.45. The van der Waals surface area contributed by atoms with Crippen molar-refractivity contribution in [1.29, 1.82) is 0 Å². The molecule has 1 atom stereocenters. The molecule has 1 unspecified atom stereocenters. The normalized spacial score (nSPS) is 17.4. The van der Waals surface area contributed by atoms with Crippen LogP contribution in [0.25, 0.3) is 0 Å². The Kier molecular flexibility index (Phi) is 5.08. The number of imidazole rings is 1. The number of carbonyl (C=O) groups excluding carboxylic acids is 1. The number of amides is 1. The van der Waals surface area contributed by atoms with Gasteiger partial charge in [0.1, 0.15) is 0 Å². The maximum Gasteiger partial charge on any atom is 0.256 e. The van der Waals surface area contributed by atoms with Crippen molar-refractivity contribution >= 4 is 17.3 Å². The molecular formula is C19H24N4O. The molecule has 3 rings (SSSR count). The number of benzene rings is 1. The van der Waals surface area contributed by atoms with Crippen LogP contribution in [0, 0.1) is 5.92 Å². The molecule has 24 heavy (non-hydrogen) atoms. The molecule has 0 bridgehead atoms. The summed E-state index contributed by atoms with van der Waals surface area (Å²) < 4.78 is 1.95. The molecule has 0 saturated heterocycles. The molecular weight excluding hydrogens is 300 g/mol. The first-order chi connectivity index (χ1) is 11.7. The van der Waals surface area contributed by atoms with Crippen LogP contribution in [0.5, 0.6) is 0 Å². The number of unbranched alkanes of at least 4 members (excludes halogenated alkanes) is 1. The smallest absolute Gasteiger partial charge is 0.256 e. The lowest BCUT2D eigenvalue weighted by molar-refractivity contribution is -0.119. The number of aromatic nitrogens is 2. The summed E-state index contributed by atoms with van der Waals surface area (Å²) >= 11 is 0. The molecule has 1 aromatic heterocycles. The van der Waals surface area contributed by atoms with E-state index in [1.807, 2.05) is 29.8 Å². The van der Waals surface area contributed by atoms with Crippen molar-refractivity contribution in [2.75, 3.05) is 5.01 Å². The van der Waals surface area contributed by atoms with Gasteiger partial charge in [-0.1, -0.05) is 32.4 Å². The van der Waals surface area contributed by atoms with Gasteiger partial charge in [0.25, 0.3) is 5.91 Å². The standard InChI is InChI=1S/C19H24N4O/c1-3-5-6-15-7-9-16(10-8-15)23-19(24)17(4-2)18(21-23)13-22-12-11-20-14-22/h7-12,14,17H,3-6,13H2,1-2H3. The van der Waals surface area contributed by atoms with Gasteiger partial charge in [-0.2, -0.15) is 5.10 Å². The predicted molar refractivity (Wildman–Crippen MR) is 96.0 cm³/mol. The zero-order valence-corrected chi connectivity index (χ0v) is 14.4. The van der Waals surface area contributed by atoms with E-state index >= 15 is 0 Å². The second kappa shape index (κ2) is 7.43. The first kappa shape index (κ1) is 16.4. The second-order valence-electron chi connectivity index (χ2n) is 6.21. The number of hydrogen-bond donors (Lipinski definition) is 0. The topological polar surface area (TPSA) is 50.5 Å². The molecule has 0 spiro atoms. The Morgan fingerprint density at radius 2 is 1.96 bits per heavy atom. The van der Waals surface area contributed by atoms with Crippen molar-refractivity contribution in [2.24, 2.45) is 11.0 Å². The van der Waals surface area contributed by atoms with Gasteiger partial charge < -0.3 is 4.57 Å². The summed E-state index contributed by atoms with van der Waals surface area (Å²) in [5.74, 6) is -0.0823. The Morgan fingerprint density at radius 3 is 2.58 bits per heavy atom. The highest BCUT2D eigenvalue weighted by atomic mass is 16.2. The molecule has 1 aromatic carbocycles. The maximum absolute atomic E-state index is 12.7. The van der Waals surface area contributed by atoms with Gasteiger partial charge in [0, 0.05) is 12.4 Å². The summed E-state index contributed by atoms with van der Waals surface area (Å²) in [5.41, 5.74) is 3.05. The van der Waals surface area contributed by atoms with E-state index in [1.165, 1.54) is 18.4 Å². The fourth-order valence-corrected chi connectivity index (χ4v) is 3.03. The van der Waals surface area contributed by atoms with Gasteiger partial charge in [-0.15, -0.1) is 0 Å². The Balaban J connectivity index is 1.79. The Hall–Kier alpha value is -2.43. The summed E-state index contributed by atoms with van der Waals surface area (Å²) in [6.07, 6.45) is 9.61. The first-order valence-corrected chi connectivity index (χ1v) is 8.69. The van der Waals surface area contributed by atoms with Gasteiger partial charge in [-0.3, -0.25) is 4.79 Å². The lowest BCUT2D eigenvalue weighted by atomic mass is 10.00. The Morgan fingerprint density at radius 1 is 1.17 bits per heavy atom. The van der Waals surface area contributed by atoms with Gasteiger partial charge in [-0.05, 0) is 37.0 Å². The lowest BCUT2D eigenvalue weighted by Crippen LogP contribution is -2.28. The van der Waals surface area contributed by atoms with Gasteiger partial charge in [0.15, 0.2) is 0 Å². The van der Waals surface area contributed by atoms with Crippen molar-refractivity contribution < 1.29 is 4.79 Å². The van der Waals surface area contributed by atoms with Crippen LogP contribution >= 0.6 is 0 Å². The summed E-state index contributed by atoms with van der Waals surface area (Å²) in [5, 5.41) is 6.17. The van der Waals surface area contributed by atoms with E-state index < -0.39 is 0 Å². The van der Waals surface area contributed by atoms with E-state index in [2.05, 4.69) is 29.1 Å². The molecule has 2 aromatic rings. The van der Waals surface area contributed by atoms with Crippen LogP contribution in [0.15, 0.2) is 48.1 Å². The minimum Gasteiger partial charge on any atom is -0.332 e. The van der Waals surface area contributed by atoms with Crippen molar-refractivity contribution in [1.82, 2.24) is 9.55 Å². The largest absolute Gasteiger partial charge is 0.332 e. The number of hydrazone groups is 1. The molecule has 0 aliphatic carbocycles. The van der Waals surface area contributed by atoms with Crippen LogP contribution in [0.1, 0.15) is 38.7 Å². The SMILES string of the molecule is CCCCc1ccc(N2N=C(Cn3ccnc3)C(CC)C2=O)cc1. The van der Waals surface area contributed by atoms with E-state index in [4.69, 9.17) is 0 Å². The van der Waals surface area contributed by atoms with E-state index in [0.717, 1.165) is 24.2 Å². The van der Waals surface area contributed by atoms with E-state index in [-0.39, 0.29) is 11.8 Å². The van der Waals surface area contributed by atoms with Crippen molar-refractivity contribution in [3.8, 4) is 0 Å². The fraction of sp³-hybridized carbons (Fsp3) is 0.421. The molecule has 126 valence electrons. The van der Waals surface area contributed by atoms with Crippen LogP contribution in [-0.2, 0) is 17.8 Å².